The van der Waals surface area contributed by atoms with E-state index in [0.717, 1.165) is 10.6 Å². The van der Waals surface area contributed by atoms with E-state index in [9.17, 15) is 8.42 Å². The second-order valence-corrected chi connectivity index (χ2v) is 8.67. The number of rotatable bonds is 2. The molecule has 3 rings (SSSR count). The average Bonchev–Trinajstić information content (AvgIpc) is 2.46. The van der Waals surface area contributed by atoms with Crippen LogP contribution in [0.25, 0.3) is 0 Å². The Balaban J connectivity index is 2.09. The molecule has 1 aliphatic heterocycles. The lowest BCUT2D eigenvalue weighted by Crippen LogP contribution is -2.38. The van der Waals surface area contributed by atoms with Crippen LogP contribution < -0.4 is 4.31 Å². The molecule has 1 atom stereocenters. The third-order valence-electron chi connectivity index (χ3n) is 3.29. The van der Waals surface area contributed by atoms with Crippen molar-refractivity contribution in [3.63, 3.8) is 0 Å². The highest BCUT2D eigenvalue weighted by Gasteiger charge is 2.31. The maximum absolute atomic E-state index is 12.9. The van der Waals surface area contributed by atoms with Crippen LogP contribution in [0.15, 0.2) is 58.3 Å². The Bertz CT molecular complexity index is 759. The number of nitrogens with zero attached hydrogens (tertiary/aromatic N) is 1. The fourth-order valence-corrected chi connectivity index (χ4v) is 5.27. The molecule has 1 unspecified atom stereocenters. The number of benzene rings is 2. The highest BCUT2D eigenvalue weighted by Crippen LogP contribution is 2.40. The molecule has 0 saturated heterocycles. The summed E-state index contributed by atoms with van der Waals surface area (Å²) in [6, 6.07) is 13.9. The molecule has 0 radical (unpaired) electrons. The van der Waals surface area contributed by atoms with Crippen LogP contribution in [0.1, 0.15) is 6.92 Å². The number of hydrogen-bond donors (Lipinski definition) is 0. The summed E-state index contributed by atoms with van der Waals surface area (Å²) < 4.78 is 27.3. The van der Waals surface area contributed by atoms with Crippen molar-refractivity contribution >= 4 is 39.1 Å². The first-order valence-electron chi connectivity index (χ1n) is 6.52. The van der Waals surface area contributed by atoms with E-state index in [2.05, 4.69) is 0 Å². The highest BCUT2D eigenvalue weighted by molar-refractivity contribution is 8.00. The first-order chi connectivity index (χ1) is 9.98. The van der Waals surface area contributed by atoms with Crippen molar-refractivity contribution in [2.75, 3.05) is 10.8 Å². The van der Waals surface area contributed by atoms with Gasteiger partial charge in [-0.1, -0.05) is 30.7 Å². The zero-order valence-corrected chi connectivity index (χ0v) is 13.8. The molecule has 0 spiro atoms. The summed E-state index contributed by atoms with van der Waals surface area (Å²) in [7, 11) is -3.56. The second-order valence-electron chi connectivity index (χ2n) is 4.89. The molecular formula is C15H14ClNO2S2. The molecule has 0 bridgehead atoms. The largest absolute Gasteiger partial charge is 0.264 e. The van der Waals surface area contributed by atoms with Gasteiger partial charge in [-0.25, -0.2) is 8.42 Å². The first-order valence-corrected chi connectivity index (χ1v) is 9.22. The summed E-state index contributed by atoms with van der Waals surface area (Å²) in [4.78, 5) is 1.26. The van der Waals surface area contributed by atoms with Gasteiger partial charge in [0.1, 0.15) is 0 Å². The third-order valence-corrected chi connectivity index (χ3v) is 6.48. The lowest BCUT2D eigenvalue weighted by molar-refractivity contribution is 0.589. The zero-order valence-electron chi connectivity index (χ0n) is 11.4. The summed E-state index contributed by atoms with van der Waals surface area (Å²) in [5, 5.41) is 0.735. The van der Waals surface area contributed by atoms with Gasteiger partial charge in [-0.3, -0.25) is 4.31 Å². The van der Waals surface area contributed by atoms with E-state index in [0.29, 0.717) is 11.6 Å². The van der Waals surface area contributed by atoms with Crippen LogP contribution in [-0.2, 0) is 10.0 Å². The number of para-hydroxylation sites is 1. The lowest BCUT2D eigenvalue weighted by Gasteiger charge is -2.33. The molecule has 0 N–H and O–H groups in total. The summed E-state index contributed by atoms with van der Waals surface area (Å²) in [5.41, 5.74) is 0.746. The summed E-state index contributed by atoms with van der Waals surface area (Å²) in [5.74, 6) is 0. The minimum absolute atomic E-state index is 0.210. The molecule has 0 saturated carbocycles. The van der Waals surface area contributed by atoms with Gasteiger partial charge < -0.3 is 0 Å². The number of fused-ring (bicyclic) bond motifs is 1. The average molecular weight is 340 g/mol. The van der Waals surface area contributed by atoms with Gasteiger partial charge in [-0.05, 0) is 36.4 Å². The number of anilines is 1. The zero-order chi connectivity index (χ0) is 15.0. The fraction of sp³-hybridized carbons (Fsp3) is 0.200. The third kappa shape index (κ3) is 2.78. The predicted octanol–water partition coefficient (Wildman–Crippen LogP) is 4.03. The normalized spacial score (nSPS) is 18.4. The molecule has 3 nitrogen and oxygen atoms in total. The minimum Gasteiger partial charge on any atom is -0.264 e. The van der Waals surface area contributed by atoms with Gasteiger partial charge in [-0.15, -0.1) is 11.8 Å². The minimum atomic E-state index is -3.56. The summed E-state index contributed by atoms with van der Waals surface area (Å²) in [6.45, 7) is 2.50. The lowest BCUT2D eigenvalue weighted by atomic mass is 10.3. The molecule has 1 aliphatic rings. The van der Waals surface area contributed by atoms with Crippen LogP contribution in [0.5, 0.6) is 0 Å². The highest BCUT2D eigenvalue weighted by atomic mass is 35.5. The summed E-state index contributed by atoms with van der Waals surface area (Å²) in [6.07, 6.45) is 0. The number of thioether (sulfide) groups is 1. The Morgan fingerprint density at radius 1 is 1.14 bits per heavy atom. The molecule has 2 aromatic rings. The molecule has 1 heterocycles. The topological polar surface area (TPSA) is 37.4 Å². The van der Waals surface area contributed by atoms with Crippen molar-refractivity contribution < 1.29 is 8.42 Å². The molecular weight excluding hydrogens is 326 g/mol. The van der Waals surface area contributed by atoms with Crippen LogP contribution >= 0.6 is 23.4 Å². The maximum atomic E-state index is 12.9. The van der Waals surface area contributed by atoms with Crippen LogP contribution in [0.2, 0.25) is 5.02 Å². The van der Waals surface area contributed by atoms with Gasteiger partial charge in [-0.2, -0.15) is 0 Å². The molecule has 21 heavy (non-hydrogen) atoms. The standard InChI is InChI=1S/C15H14ClNO2S2/c1-11-10-17(14-4-2-3-5-15(14)20-11)21(18,19)13-8-6-12(16)7-9-13/h2-9,11H,10H2,1H3. The molecule has 110 valence electrons. The number of halogens is 1. The SMILES string of the molecule is CC1CN(S(=O)(=O)c2ccc(Cl)cc2)c2ccccc2S1. The van der Waals surface area contributed by atoms with Crippen molar-refractivity contribution in [1.82, 2.24) is 0 Å². The van der Waals surface area contributed by atoms with Crippen molar-refractivity contribution in [3.05, 3.63) is 53.6 Å². The van der Waals surface area contributed by atoms with Gasteiger partial charge in [0, 0.05) is 21.7 Å². The molecule has 0 aliphatic carbocycles. The van der Waals surface area contributed by atoms with Gasteiger partial charge >= 0.3 is 0 Å². The van der Waals surface area contributed by atoms with Gasteiger partial charge in [0.15, 0.2) is 0 Å². The van der Waals surface area contributed by atoms with Crippen LogP contribution in [0, 0.1) is 0 Å². The molecule has 2 aromatic carbocycles. The van der Waals surface area contributed by atoms with Crippen molar-refractivity contribution in [2.24, 2.45) is 0 Å². The van der Waals surface area contributed by atoms with Gasteiger partial charge in [0.05, 0.1) is 10.6 Å². The Hall–Kier alpha value is -1.17. The Morgan fingerprint density at radius 3 is 2.52 bits per heavy atom. The van der Waals surface area contributed by atoms with Crippen LogP contribution in [0.3, 0.4) is 0 Å². The quantitative estimate of drug-likeness (QED) is 0.829. The second kappa shape index (κ2) is 5.55. The van der Waals surface area contributed by atoms with E-state index in [1.54, 1.807) is 36.0 Å². The Morgan fingerprint density at radius 2 is 1.81 bits per heavy atom. The van der Waals surface area contributed by atoms with Gasteiger partial charge in [0.25, 0.3) is 10.0 Å². The van der Waals surface area contributed by atoms with Crippen molar-refractivity contribution in [2.45, 2.75) is 22.0 Å². The van der Waals surface area contributed by atoms with Crippen molar-refractivity contribution in [1.29, 1.82) is 0 Å². The summed E-state index contributed by atoms with van der Waals surface area (Å²) >= 11 is 7.54. The van der Waals surface area contributed by atoms with E-state index >= 15 is 0 Å². The monoisotopic (exact) mass is 339 g/mol. The van der Waals surface area contributed by atoms with E-state index in [1.807, 2.05) is 31.2 Å². The first kappa shape index (κ1) is 14.8. The fourth-order valence-electron chi connectivity index (χ4n) is 2.31. The van der Waals surface area contributed by atoms with E-state index < -0.39 is 10.0 Å². The number of sulfonamides is 1. The molecule has 0 fully saturated rings. The van der Waals surface area contributed by atoms with E-state index in [-0.39, 0.29) is 10.1 Å². The smallest absolute Gasteiger partial charge is 0.264 e. The molecule has 6 heteroatoms. The molecule has 0 amide bonds. The predicted molar refractivity (Wildman–Crippen MR) is 87.7 cm³/mol. The Labute approximate surface area is 134 Å². The van der Waals surface area contributed by atoms with Crippen LogP contribution in [0.4, 0.5) is 5.69 Å². The van der Waals surface area contributed by atoms with Crippen molar-refractivity contribution in [3.8, 4) is 0 Å². The molecule has 0 aromatic heterocycles. The van der Waals surface area contributed by atoms with E-state index in [4.69, 9.17) is 11.6 Å². The van der Waals surface area contributed by atoms with Crippen LogP contribution in [-0.4, -0.2) is 20.2 Å². The van der Waals surface area contributed by atoms with E-state index in [1.165, 1.54) is 4.31 Å². The van der Waals surface area contributed by atoms with Gasteiger partial charge in [0.2, 0.25) is 0 Å². The Kier molecular flexibility index (Phi) is 3.90. The maximum Gasteiger partial charge on any atom is 0.264 e. The number of hydrogen-bond acceptors (Lipinski definition) is 3.